The molecule has 98 valence electrons. The van der Waals surface area contributed by atoms with Crippen LogP contribution < -0.4 is 15.4 Å². The van der Waals surface area contributed by atoms with Crippen molar-refractivity contribution < 1.29 is 9.53 Å². The SMILES string of the molecule is CNCc1cccc(OCCC(=O)NC2CC2)c1. The number of carbonyl (C=O) groups excluding carboxylic acids is 1. The zero-order chi connectivity index (χ0) is 12.8. The summed E-state index contributed by atoms with van der Waals surface area (Å²) in [7, 11) is 1.91. The van der Waals surface area contributed by atoms with Crippen LogP contribution in [0.25, 0.3) is 0 Å². The molecule has 0 radical (unpaired) electrons. The van der Waals surface area contributed by atoms with Gasteiger partial charge in [0, 0.05) is 12.6 Å². The minimum absolute atomic E-state index is 0.0869. The van der Waals surface area contributed by atoms with E-state index in [1.54, 1.807) is 0 Å². The number of benzene rings is 1. The van der Waals surface area contributed by atoms with Gasteiger partial charge in [-0.25, -0.2) is 0 Å². The predicted octanol–water partition coefficient (Wildman–Crippen LogP) is 1.45. The lowest BCUT2D eigenvalue weighted by molar-refractivity contribution is -0.121. The van der Waals surface area contributed by atoms with Gasteiger partial charge < -0.3 is 15.4 Å². The number of carbonyl (C=O) groups is 1. The van der Waals surface area contributed by atoms with Gasteiger partial charge in [0.05, 0.1) is 13.0 Å². The van der Waals surface area contributed by atoms with Crippen molar-refractivity contribution in [3.8, 4) is 5.75 Å². The van der Waals surface area contributed by atoms with Crippen LogP contribution in [0.4, 0.5) is 0 Å². The van der Waals surface area contributed by atoms with E-state index in [0.29, 0.717) is 19.1 Å². The summed E-state index contributed by atoms with van der Waals surface area (Å²) in [5.74, 6) is 0.908. The molecule has 1 saturated carbocycles. The molecule has 0 aliphatic heterocycles. The molecule has 0 unspecified atom stereocenters. The summed E-state index contributed by atoms with van der Waals surface area (Å²) >= 11 is 0. The van der Waals surface area contributed by atoms with Crippen molar-refractivity contribution in [3.63, 3.8) is 0 Å². The zero-order valence-corrected chi connectivity index (χ0v) is 10.7. The summed E-state index contributed by atoms with van der Waals surface area (Å²) in [5.41, 5.74) is 1.18. The van der Waals surface area contributed by atoms with Gasteiger partial charge in [0.2, 0.25) is 5.91 Å². The highest BCUT2D eigenvalue weighted by Crippen LogP contribution is 2.18. The molecule has 0 saturated heterocycles. The molecule has 1 aromatic carbocycles. The van der Waals surface area contributed by atoms with E-state index < -0.39 is 0 Å². The summed E-state index contributed by atoms with van der Waals surface area (Å²) < 4.78 is 5.58. The summed E-state index contributed by atoms with van der Waals surface area (Å²) in [4.78, 5) is 11.5. The number of ether oxygens (including phenoxy) is 1. The lowest BCUT2D eigenvalue weighted by Gasteiger charge is -2.08. The van der Waals surface area contributed by atoms with Crippen molar-refractivity contribution in [1.82, 2.24) is 10.6 Å². The van der Waals surface area contributed by atoms with E-state index in [0.717, 1.165) is 25.1 Å². The van der Waals surface area contributed by atoms with Crippen LogP contribution >= 0.6 is 0 Å². The van der Waals surface area contributed by atoms with Gasteiger partial charge in [-0.05, 0) is 37.6 Å². The fourth-order valence-corrected chi connectivity index (χ4v) is 1.74. The van der Waals surface area contributed by atoms with Gasteiger partial charge in [0.25, 0.3) is 0 Å². The van der Waals surface area contributed by atoms with Gasteiger partial charge in [0.1, 0.15) is 5.75 Å². The highest BCUT2D eigenvalue weighted by molar-refractivity contribution is 5.76. The number of nitrogens with one attached hydrogen (secondary N) is 2. The molecule has 2 rings (SSSR count). The first kappa shape index (κ1) is 12.9. The first-order chi connectivity index (χ1) is 8.78. The maximum absolute atomic E-state index is 11.5. The lowest BCUT2D eigenvalue weighted by atomic mass is 10.2. The van der Waals surface area contributed by atoms with Gasteiger partial charge in [-0.3, -0.25) is 4.79 Å². The van der Waals surface area contributed by atoms with Crippen molar-refractivity contribution in [2.75, 3.05) is 13.7 Å². The summed E-state index contributed by atoms with van der Waals surface area (Å²) in [6.45, 7) is 1.25. The second-order valence-corrected chi connectivity index (χ2v) is 4.62. The summed E-state index contributed by atoms with van der Waals surface area (Å²) in [6, 6.07) is 8.35. The lowest BCUT2D eigenvalue weighted by Crippen LogP contribution is -2.26. The van der Waals surface area contributed by atoms with Crippen LogP contribution in [0.1, 0.15) is 24.8 Å². The van der Waals surface area contributed by atoms with Crippen LogP contribution in [-0.4, -0.2) is 25.6 Å². The molecule has 1 aromatic rings. The fourth-order valence-electron chi connectivity index (χ4n) is 1.74. The summed E-state index contributed by atoms with van der Waals surface area (Å²) in [6.07, 6.45) is 2.67. The second-order valence-electron chi connectivity index (χ2n) is 4.62. The first-order valence-corrected chi connectivity index (χ1v) is 6.43. The molecule has 1 amide bonds. The standard InChI is InChI=1S/C14H20N2O2/c1-15-10-11-3-2-4-13(9-11)18-8-7-14(17)16-12-5-6-12/h2-4,9,12,15H,5-8,10H2,1H3,(H,16,17). The van der Waals surface area contributed by atoms with Crippen LogP contribution in [-0.2, 0) is 11.3 Å². The number of hydrogen-bond acceptors (Lipinski definition) is 3. The molecule has 1 aliphatic carbocycles. The highest BCUT2D eigenvalue weighted by Gasteiger charge is 2.22. The Labute approximate surface area is 108 Å². The predicted molar refractivity (Wildman–Crippen MR) is 70.5 cm³/mol. The third kappa shape index (κ3) is 4.37. The van der Waals surface area contributed by atoms with Crippen molar-refractivity contribution in [1.29, 1.82) is 0 Å². The van der Waals surface area contributed by atoms with E-state index in [2.05, 4.69) is 10.6 Å². The molecule has 1 aliphatic rings. The van der Waals surface area contributed by atoms with Gasteiger partial charge in [-0.15, -0.1) is 0 Å². The fraction of sp³-hybridized carbons (Fsp3) is 0.500. The number of amides is 1. The Balaban J connectivity index is 1.71. The highest BCUT2D eigenvalue weighted by atomic mass is 16.5. The minimum Gasteiger partial charge on any atom is -0.493 e. The molecule has 18 heavy (non-hydrogen) atoms. The van der Waals surface area contributed by atoms with Crippen molar-refractivity contribution in [3.05, 3.63) is 29.8 Å². The monoisotopic (exact) mass is 248 g/mol. The second kappa shape index (κ2) is 6.40. The third-order valence-electron chi connectivity index (χ3n) is 2.82. The maximum atomic E-state index is 11.5. The Morgan fingerprint density at radius 1 is 1.44 bits per heavy atom. The van der Waals surface area contributed by atoms with Gasteiger partial charge in [-0.1, -0.05) is 12.1 Å². The van der Waals surface area contributed by atoms with E-state index in [1.807, 2.05) is 31.3 Å². The molecule has 0 bridgehead atoms. The Morgan fingerprint density at radius 3 is 3.00 bits per heavy atom. The molecular formula is C14H20N2O2. The van der Waals surface area contributed by atoms with Crippen LogP contribution in [0.5, 0.6) is 5.75 Å². The normalized spacial score (nSPS) is 14.3. The number of rotatable bonds is 7. The Kier molecular flexibility index (Phi) is 4.59. The largest absolute Gasteiger partial charge is 0.493 e. The van der Waals surface area contributed by atoms with E-state index >= 15 is 0 Å². The molecule has 2 N–H and O–H groups in total. The quantitative estimate of drug-likeness (QED) is 0.768. The molecular weight excluding hydrogens is 228 g/mol. The topological polar surface area (TPSA) is 50.4 Å². The minimum atomic E-state index is 0.0869. The van der Waals surface area contributed by atoms with E-state index in [9.17, 15) is 4.79 Å². The van der Waals surface area contributed by atoms with Crippen LogP contribution in [0.3, 0.4) is 0 Å². The molecule has 1 fully saturated rings. The van der Waals surface area contributed by atoms with Crippen LogP contribution in [0.2, 0.25) is 0 Å². The van der Waals surface area contributed by atoms with Gasteiger partial charge in [0.15, 0.2) is 0 Å². The molecule has 0 aromatic heterocycles. The smallest absolute Gasteiger partial charge is 0.223 e. The molecule has 0 spiro atoms. The molecule has 4 heteroatoms. The maximum Gasteiger partial charge on any atom is 0.223 e. The van der Waals surface area contributed by atoms with Crippen molar-refractivity contribution in [2.45, 2.75) is 31.8 Å². The Morgan fingerprint density at radius 2 is 2.28 bits per heavy atom. The Hall–Kier alpha value is -1.55. The third-order valence-corrected chi connectivity index (χ3v) is 2.82. The average Bonchev–Trinajstić information content (AvgIpc) is 3.14. The van der Waals surface area contributed by atoms with Gasteiger partial charge in [-0.2, -0.15) is 0 Å². The average molecular weight is 248 g/mol. The Bertz CT molecular complexity index is 403. The molecule has 0 heterocycles. The van der Waals surface area contributed by atoms with E-state index in [4.69, 9.17) is 4.74 Å². The first-order valence-electron chi connectivity index (χ1n) is 6.43. The number of hydrogen-bond donors (Lipinski definition) is 2. The summed E-state index contributed by atoms with van der Waals surface area (Å²) in [5, 5.41) is 6.04. The van der Waals surface area contributed by atoms with Gasteiger partial charge >= 0.3 is 0 Å². The van der Waals surface area contributed by atoms with Crippen LogP contribution in [0, 0.1) is 0 Å². The molecule has 4 nitrogen and oxygen atoms in total. The van der Waals surface area contributed by atoms with E-state index in [-0.39, 0.29) is 5.91 Å². The zero-order valence-electron chi connectivity index (χ0n) is 10.7. The van der Waals surface area contributed by atoms with E-state index in [1.165, 1.54) is 5.56 Å². The van der Waals surface area contributed by atoms with Crippen LogP contribution in [0.15, 0.2) is 24.3 Å². The van der Waals surface area contributed by atoms with Crippen molar-refractivity contribution in [2.24, 2.45) is 0 Å². The van der Waals surface area contributed by atoms with Crippen molar-refractivity contribution >= 4 is 5.91 Å². The molecule has 0 atom stereocenters.